The average Bonchev–Trinajstić information content (AvgIpc) is 3.76. The van der Waals surface area contributed by atoms with Crippen molar-refractivity contribution in [3.63, 3.8) is 0 Å². The Balaban J connectivity index is 0.916. The van der Waals surface area contributed by atoms with Gasteiger partial charge in [0.2, 0.25) is 0 Å². The SMILES string of the molecule is c1ccc(-c2ccc(-c3cccc(-c4nc(-c5ccccc5)nc(-c5cccc(-c6ccc(C7(c8ccccc8)c8ccccc8-c8c7c7ccccc7c7ccccc87)cc6)c5)n4)c3)cc2)cc1. The van der Waals surface area contributed by atoms with E-state index in [1.165, 1.54) is 66.1 Å². The maximum Gasteiger partial charge on any atom is 0.164 e. The smallest absolute Gasteiger partial charge is 0.164 e. The summed E-state index contributed by atoms with van der Waals surface area (Å²) in [6, 6.07) is 93.8. The van der Waals surface area contributed by atoms with Crippen molar-refractivity contribution in [2.75, 3.05) is 0 Å². The Labute approximate surface area is 401 Å². The summed E-state index contributed by atoms with van der Waals surface area (Å²) >= 11 is 0. The standard InChI is InChI=1S/C66H43N3/c1-4-18-44(19-5-1)45-34-36-46(37-35-45)49-22-16-24-51(42-49)64-67-63(48-20-6-2-7-21-48)68-65(69-64)52-25-17-23-50(43-52)47-38-40-54(41-39-47)66(53-26-8-3-9-27-53)60-33-15-14-32-59(60)61-57-30-12-10-28-55(57)56-29-11-13-31-58(56)62(61)66/h1-43H. The average molecular weight is 878 g/mol. The molecule has 322 valence electrons. The highest BCUT2D eigenvalue weighted by Gasteiger charge is 2.47. The van der Waals surface area contributed by atoms with Gasteiger partial charge in [0.15, 0.2) is 17.5 Å². The minimum Gasteiger partial charge on any atom is -0.208 e. The highest BCUT2D eigenvalue weighted by Crippen LogP contribution is 2.60. The fourth-order valence-corrected chi connectivity index (χ4v) is 10.9. The van der Waals surface area contributed by atoms with Crippen LogP contribution in [0.5, 0.6) is 0 Å². The van der Waals surface area contributed by atoms with Crippen LogP contribution in [0.3, 0.4) is 0 Å². The number of rotatable bonds is 8. The molecule has 0 spiro atoms. The van der Waals surface area contributed by atoms with Gasteiger partial charge in [-0.2, -0.15) is 0 Å². The summed E-state index contributed by atoms with van der Waals surface area (Å²) in [5.74, 6) is 1.88. The molecule has 3 heteroatoms. The third kappa shape index (κ3) is 6.78. The first kappa shape index (κ1) is 40.2. The van der Waals surface area contributed by atoms with Gasteiger partial charge < -0.3 is 0 Å². The Morgan fingerprint density at radius 1 is 0.246 bits per heavy atom. The van der Waals surface area contributed by atoms with Crippen LogP contribution in [0.15, 0.2) is 261 Å². The molecule has 0 radical (unpaired) electrons. The first-order chi connectivity index (χ1) is 34.2. The second kappa shape index (κ2) is 16.7. The molecule has 1 aliphatic carbocycles. The molecule has 11 aromatic carbocycles. The molecule has 1 unspecified atom stereocenters. The molecule has 3 nitrogen and oxygen atoms in total. The second-order valence-corrected chi connectivity index (χ2v) is 17.9. The molecule has 1 aliphatic rings. The quantitative estimate of drug-likeness (QED) is 0.143. The Bertz CT molecular complexity index is 3870. The van der Waals surface area contributed by atoms with Gasteiger partial charge in [0.05, 0.1) is 5.41 Å². The number of fused-ring (bicyclic) bond motifs is 8. The van der Waals surface area contributed by atoms with Crippen LogP contribution < -0.4 is 0 Å². The summed E-state index contributed by atoms with van der Waals surface area (Å²) in [6.07, 6.45) is 0. The van der Waals surface area contributed by atoms with Gasteiger partial charge in [0.1, 0.15) is 0 Å². The van der Waals surface area contributed by atoms with E-state index in [1.807, 2.05) is 24.3 Å². The van der Waals surface area contributed by atoms with E-state index in [0.717, 1.165) is 38.9 Å². The van der Waals surface area contributed by atoms with Crippen molar-refractivity contribution >= 4 is 21.5 Å². The Kier molecular flexibility index (Phi) is 9.73. The number of hydrogen-bond acceptors (Lipinski definition) is 3. The molecule has 1 aromatic heterocycles. The van der Waals surface area contributed by atoms with E-state index in [1.54, 1.807) is 0 Å². The topological polar surface area (TPSA) is 38.7 Å². The maximum atomic E-state index is 5.20. The van der Waals surface area contributed by atoms with E-state index in [9.17, 15) is 0 Å². The molecule has 0 saturated carbocycles. The Morgan fingerprint density at radius 2 is 0.623 bits per heavy atom. The molecule has 0 amide bonds. The maximum absolute atomic E-state index is 5.20. The van der Waals surface area contributed by atoms with Crippen molar-refractivity contribution in [2.45, 2.75) is 5.41 Å². The molecule has 0 aliphatic heterocycles. The normalized spacial score (nSPS) is 13.9. The van der Waals surface area contributed by atoms with Crippen molar-refractivity contribution in [1.29, 1.82) is 0 Å². The van der Waals surface area contributed by atoms with Crippen molar-refractivity contribution in [2.24, 2.45) is 0 Å². The molecular weight excluding hydrogens is 835 g/mol. The summed E-state index contributed by atoms with van der Waals surface area (Å²) < 4.78 is 0. The van der Waals surface area contributed by atoms with Gasteiger partial charge in [-0.15, -0.1) is 0 Å². The van der Waals surface area contributed by atoms with Crippen LogP contribution in [0.1, 0.15) is 22.3 Å². The molecule has 12 aromatic rings. The summed E-state index contributed by atoms with van der Waals surface area (Å²) in [5, 5.41) is 5.11. The summed E-state index contributed by atoms with van der Waals surface area (Å²) in [5.41, 5.74) is 16.7. The minimum absolute atomic E-state index is 0.560. The van der Waals surface area contributed by atoms with Gasteiger partial charge in [0, 0.05) is 16.7 Å². The second-order valence-electron chi connectivity index (χ2n) is 17.9. The van der Waals surface area contributed by atoms with Gasteiger partial charge in [-0.3, -0.25) is 0 Å². The number of aromatic nitrogens is 3. The monoisotopic (exact) mass is 877 g/mol. The van der Waals surface area contributed by atoms with Crippen LogP contribution in [0.2, 0.25) is 0 Å². The zero-order chi connectivity index (χ0) is 45.7. The third-order valence-electron chi connectivity index (χ3n) is 14.0. The van der Waals surface area contributed by atoms with Crippen LogP contribution in [0, 0.1) is 0 Å². The lowest BCUT2D eigenvalue weighted by Crippen LogP contribution is -2.28. The molecule has 1 atom stereocenters. The third-order valence-corrected chi connectivity index (χ3v) is 14.0. The van der Waals surface area contributed by atoms with Gasteiger partial charge in [-0.05, 0) is 100 Å². The first-order valence-corrected chi connectivity index (χ1v) is 23.6. The predicted molar refractivity (Wildman–Crippen MR) is 285 cm³/mol. The fourth-order valence-electron chi connectivity index (χ4n) is 10.9. The van der Waals surface area contributed by atoms with Crippen LogP contribution >= 0.6 is 0 Å². The molecule has 13 rings (SSSR count). The summed E-state index contributed by atoms with van der Waals surface area (Å²) in [6.45, 7) is 0. The zero-order valence-corrected chi connectivity index (χ0v) is 37.7. The zero-order valence-electron chi connectivity index (χ0n) is 37.7. The lowest BCUT2D eigenvalue weighted by Gasteiger charge is -2.35. The molecular formula is C66H43N3. The van der Waals surface area contributed by atoms with Crippen LogP contribution in [0.25, 0.3) is 100 Å². The van der Waals surface area contributed by atoms with Crippen molar-refractivity contribution in [3.05, 3.63) is 283 Å². The van der Waals surface area contributed by atoms with Crippen molar-refractivity contribution < 1.29 is 0 Å². The fraction of sp³-hybridized carbons (Fsp3) is 0.0152. The van der Waals surface area contributed by atoms with E-state index >= 15 is 0 Å². The van der Waals surface area contributed by atoms with Crippen LogP contribution in [-0.2, 0) is 5.41 Å². The Morgan fingerprint density at radius 3 is 1.22 bits per heavy atom. The largest absolute Gasteiger partial charge is 0.208 e. The van der Waals surface area contributed by atoms with Gasteiger partial charge in [-0.25, -0.2) is 15.0 Å². The molecule has 0 saturated heterocycles. The van der Waals surface area contributed by atoms with E-state index in [-0.39, 0.29) is 0 Å². The van der Waals surface area contributed by atoms with E-state index < -0.39 is 5.41 Å². The molecule has 0 bridgehead atoms. The minimum atomic E-state index is -0.560. The molecule has 0 fully saturated rings. The molecule has 69 heavy (non-hydrogen) atoms. The number of nitrogens with zero attached hydrogens (tertiary/aromatic N) is 3. The van der Waals surface area contributed by atoms with Crippen molar-refractivity contribution in [1.82, 2.24) is 15.0 Å². The Hall–Kier alpha value is -9.05. The number of hydrogen-bond donors (Lipinski definition) is 0. The van der Waals surface area contributed by atoms with E-state index in [4.69, 9.17) is 15.0 Å². The lowest BCUT2D eigenvalue weighted by molar-refractivity contribution is 0.776. The molecule has 1 heterocycles. The van der Waals surface area contributed by atoms with Crippen LogP contribution in [-0.4, -0.2) is 15.0 Å². The highest BCUT2D eigenvalue weighted by molar-refractivity contribution is 6.19. The molecule has 0 N–H and O–H groups in total. The van der Waals surface area contributed by atoms with E-state index in [2.05, 4.69) is 237 Å². The van der Waals surface area contributed by atoms with Gasteiger partial charge in [-0.1, -0.05) is 249 Å². The summed E-state index contributed by atoms with van der Waals surface area (Å²) in [7, 11) is 0. The van der Waals surface area contributed by atoms with Crippen LogP contribution in [0.4, 0.5) is 0 Å². The van der Waals surface area contributed by atoms with Gasteiger partial charge >= 0.3 is 0 Å². The first-order valence-electron chi connectivity index (χ1n) is 23.6. The number of benzene rings is 11. The summed E-state index contributed by atoms with van der Waals surface area (Å²) in [4.78, 5) is 15.4. The van der Waals surface area contributed by atoms with Crippen molar-refractivity contribution in [3.8, 4) is 78.7 Å². The predicted octanol–water partition coefficient (Wildman–Crippen LogP) is 16.5. The van der Waals surface area contributed by atoms with E-state index in [0.29, 0.717) is 17.5 Å². The lowest BCUT2D eigenvalue weighted by atomic mass is 9.66. The highest BCUT2D eigenvalue weighted by atomic mass is 15.0. The van der Waals surface area contributed by atoms with Gasteiger partial charge in [0.25, 0.3) is 0 Å².